The van der Waals surface area contributed by atoms with Crippen molar-refractivity contribution in [3.05, 3.63) is 63.1 Å². The van der Waals surface area contributed by atoms with Crippen molar-refractivity contribution in [3.63, 3.8) is 0 Å². The summed E-state index contributed by atoms with van der Waals surface area (Å²) in [5, 5.41) is 4.05. The summed E-state index contributed by atoms with van der Waals surface area (Å²) in [7, 11) is 0. The maximum Gasteiger partial charge on any atom is 0.257 e. The Kier molecular flexibility index (Phi) is 4.12. The average Bonchev–Trinajstić information content (AvgIpc) is 2.28. The molecule has 0 bridgehead atoms. The quantitative estimate of drug-likeness (QED) is 0.840. The van der Waals surface area contributed by atoms with Crippen LogP contribution in [0.15, 0.2) is 42.5 Å². The largest absolute Gasteiger partial charge is 0.322 e. The fourth-order valence-electron chi connectivity index (χ4n) is 1.44. The number of benzene rings is 2. The van der Waals surface area contributed by atoms with Crippen molar-refractivity contribution >= 4 is 46.4 Å². The molecular weight excluding hydrogens is 293 g/mol. The summed E-state index contributed by atoms with van der Waals surface area (Å²) >= 11 is 17.6. The standard InChI is InChI=1S/C13H8Cl3NO/c14-8-2-1-3-10(6-8)17-13(18)11-5-4-9(15)7-12(11)16/h1-7H,(H,17,18). The maximum absolute atomic E-state index is 12.0. The zero-order chi connectivity index (χ0) is 13.1. The second-order valence-corrected chi connectivity index (χ2v) is 4.87. The van der Waals surface area contributed by atoms with Gasteiger partial charge < -0.3 is 5.32 Å². The Morgan fingerprint density at radius 2 is 1.67 bits per heavy atom. The third kappa shape index (κ3) is 3.16. The average molecular weight is 301 g/mol. The van der Waals surface area contributed by atoms with E-state index < -0.39 is 0 Å². The smallest absolute Gasteiger partial charge is 0.257 e. The van der Waals surface area contributed by atoms with Gasteiger partial charge in [0.15, 0.2) is 0 Å². The molecule has 5 heteroatoms. The second kappa shape index (κ2) is 5.61. The number of amides is 1. The van der Waals surface area contributed by atoms with Gasteiger partial charge in [-0.15, -0.1) is 0 Å². The first kappa shape index (κ1) is 13.2. The highest BCUT2D eigenvalue weighted by molar-refractivity contribution is 6.37. The Labute approximate surface area is 119 Å². The van der Waals surface area contributed by atoms with Gasteiger partial charge in [-0.1, -0.05) is 40.9 Å². The number of hydrogen-bond donors (Lipinski definition) is 1. The van der Waals surface area contributed by atoms with Crippen molar-refractivity contribution in [2.45, 2.75) is 0 Å². The molecule has 2 aromatic carbocycles. The fourth-order valence-corrected chi connectivity index (χ4v) is 2.12. The van der Waals surface area contributed by atoms with Gasteiger partial charge in [0.05, 0.1) is 10.6 Å². The molecule has 2 rings (SSSR count). The number of carbonyl (C=O) groups excluding carboxylic acids is 1. The summed E-state index contributed by atoms with van der Waals surface area (Å²) in [4.78, 5) is 12.0. The number of hydrogen-bond acceptors (Lipinski definition) is 1. The highest BCUT2D eigenvalue weighted by Gasteiger charge is 2.10. The molecule has 0 spiro atoms. The molecule has 0 fully saturated rings. The van der Waals surface area contributed by atoms with Crippen molar-refractivity contribution in [2.75, 3.05) is 5.32 Å². The highest BCUT2D eigenvalue weighted by Crippen LogP contribution is 2.22. The van der Waals surface area contributed by atoms with E-state index in [0.29, 0.717) is 26.3 Å². The molecule has 0 unspecified atom stereocenters. The van der Waals surface area contributed by atoms with Crippen molar-refractivity contribution in [3.8, 4) is 0 Å². The lowest BCUT2D eigenvalue weighted by Gasteiger charge is -2.07. The zero-order valence-corrected chi connectivity index (χ0v) is 11.4. The molecule has 0 radical (unpaired) electrons. The van der Waals surface area contributed by atoms with Gasteiger partial charge in [-0.25, -0.2) is 0 Å². The van der Waals surface area contributed by atoms with E-state index in [9.17, 15) is 4.79 Å². The van der Waals surface area contributed by atoms with Crippen LogP contribution in [0.4, 0.5) is 5.69 Å². The predicted octanol–water partition coefficient (Wildman–Crippen LogP) is 4.90. The molecule has 0 aliphatic heterocycles. The molecule has 92 valence electrons. The summed E-state index contributed by atoms with van der Waals surface area (Å²) in [5.74, 6) is -0.307. The third-order valence-corrected chi connectivity index (χ3v) is 3.04. The summed E-state index contributed by atoms with van der Waals surface area (Å²) in [6, 6.07) is 11.6. The molecular formula is C13H8Cl3NO. The van der Waals surface area contributed by atoms with Crippen molar-refractivity contribution in [2.24, 2.45) is 0 Å². The molecule has 1 N–H and O–H groups in total. The van der Waals surface area contributed by atoms with Crippen LogP contribution in [0.2, 0.25) is 15.1 Å². The minimum absolute atomic E-state index is 0.307. The molecule has 18 heavy (non-hydrogen) atoms. The Hall–Kier alpha value is -1.22. The van der Waals surface area contributed by atoms with E-state index in [1.54, 1.807) is 36.4 Å². The van der Waals surface area contributed by atoms with Crippen LogP contribution in [0.5, 0.6) is 0 Å². The molecule has 0 heterocycles. The van der Waals surface area contributed by atoms with Crippen LogP contribution in [0.1, 0.15) is 10.4 Å². The van der Waals surface area contributed by atoms with Crippen LogP contribution in [-0.4, -0.2) is 5.91 Å². The molecule has 0 aliphatic rings. The Balaban J connectivity index is 2.22. The normalized spacial score (nSPS) is 10.2. The number of halogens is 3. The molecule has 2 aromatic rings. The Bertz CT molecular complexity index is 599. The number of anilines is 1. The predicted molar refractivity (Wildman–Crippen MR) is 75.9 cm³/mol. The Morgan fingerprint density at radius 3 is 2.33 bits per heavy atom. The van der Waals surface area contributed by atoms with Crippen LogP contribution < -0.4 is 5.32 Å². The number of nitrogens with one attached hydrogen (secondary N) is 1. The summed E-state index contributed by atoms with van der Waals surface area (Å²) in [6.07, 6.45) is 0. The van der Waals surface area contributed by atoms with E-state index in [2.05, 4.69) is 5.32 Å². The summed E-state index contributed by atoms with van der Waals surface area (Å²) in [6.45, 7) is 0. The van der Waals surface area contributed by atoms with Crippen molar-refractivity contribution < 1.29 is 4.79 Å². The van der Waals surface area contributed by atoms with Crippen LogP contribution >= 0.6 is 34.8 Å². The monoisotopic (exact) mass is 299 g/mol. The molecule has 2 nitrogen and oxygen atoms in total. The maximum atomic E-state index is 12.0. The van der Waals surface area contributed by atoms with Crippen LogP contribution in [0.25, 0.3) is 0 Å². The lowest BCUT2D eigenvalue weighted by Crippen LogP contribution is -2.12. The lowest BCUT2D eigenvalue weighted by molar-refractivity contribution is 0.102. The van der Waals surface area contributed by atoms with Crippen molar-refractivity contribution in [1.29, 1.82) is 0 Å². The summed E-state index contributed by atoms with van der Waals surface area (Å²) < 4.78 is 0. The summed E-state index contributed by atoms with van der Waals surface area (Å²) in [5.41, 5.74) is 0.972. The van der Waals surface area contributed by atoms with E-state index >= 15 is 0 Å². The van der Waals surface area contributed by atoms with Gasteiger partial charge in [-0.05, 0) is 36.4 Å². The first-order chi connectivity index (χ1) is 8.56. The zero-order valence-electron chi connectivity index (χ0n) is 9.08. The minimum atomic E-state index is -0.307. The van der Waals surface area contributed by atoms with E-state index in [-0.39, 0.29) is 5.91 Å². The molecule has 0 atom stereocenters. The van der Waals surface area contributed by atoms with Gasteiger partial charge in [0, 0.05) is 15.7 Å². The van der Waals surface area contributed by atoms with E-state index in [0.717, 1.165) is 0 Å². The van der Waals surface area contributed by atoms with Gasteiger partial charge >= 0.3 is 0 Å². The topological polar surface area (TPSA) is 29.1 Å². The van der Waals surface area contributed by atoms with Crippen LogP contribution in [0.3, 0.4) is 0 Å². The van der Waals surface area contributed by atoms with E-state index in [1.807, 2.05) is 0 Å². The number of carbonyl (C=O) groups is 1. The molecule has 1 amide bonds. The van der Waals surface area contributed by atoms with Crippen LogP contribution in [-0.2, 0) is 0 Å². The second-order valence-electron chi connectivity index (χ2n) is 3.59. The third-order valence-electron chi connectivity index (χ3n) is 2.26. The van der Waals surface area contributed by atoms with Gasteiger partial charge in [0.25, 0.3) is 5.91 Å². The minimum Gasteiger partial charge on any atom is -0.322 e. The van der Waals surface area contributed by atoms with E-state index in [4.69, 9.17) is 34.8 Å². The van der Waals surface area contributed by atoms with Gasteiger partial charge in [0.2, 0.25) is 0 Å². The Morgan fingerprint density at radius 1 is 0.944 bits per heavy atom. The molecule has 0 saturated carbocycles. The van der Waals surface area contributed by atoms with Gasteiger partial charge in [-0.3, -0.25) is 4.79 Å². The van der Waals surface area contributed by atoms with Crippen LogP contribution in [0, 0.1) is 0 Å². The SMILES string of the molecule is O=C(Nc1cccc(Cl)c1)c1ccc(Cl)cc1Cl. The lowest BCUT2D eigenvalue weighted by atomic mass is 10.2. The highest BCUT2D eigenvalue weighted by atomic mass is 35.5. The number of rotatable bonds is 2. The van der Waals surface area contributed by atoms with Crippen molar-refractivity contribution in [1.82, 2.24) is 0 Å². The molecule has 0 aliphatic carbocycles. The van der Waals surface area contributed by atoms with Gasteiger partial charge in [-0.2, -0.15) is 0 Å². The first-order valence-electron chi connectivity index (χ1n) is 5.08. The molecule has 0 aromatic heterocycles. The first-order valence-corrected chi connectivity index (χ1v) is 6.21. The fraction of sp³-hybridized carbons (Fsp3) is 0. The van der Waals surface area contributed by atoms with E-state index in [1.165, 1.54) is 6.07 Å². The molecule has 0 saturated heterocycles. The van der Waals surface area contributed by atoms with Gasteiger partial charge in [0.1, 0.15) is 0 Å².